The van der Waals surface area contributed by atoms with E-state index in [4.69, 9.17) is 0 Å². The van der Waals surface area contributed by atoms with Gasteiger partial charge in [-0.3, -0.25) is 9.59 Å². The lowest BCUT2D eigenvalue weighted by molar-refractivity contribution is -0.185. The molecule has 2 fully saturated rings. The maximum Gasteiger partial charge on any atom is 0.391 e. The van der Waals surface area contributed by atoms with Crippen molar-refractivity contribution in [3.63, 3.8) is 0 Å². The van der Waals surface area contributed by atoms with E-state index in [0.717, 1.165) is 30.2 Å². The largest absolute Gasteiger partial charge is 0.391 e. The lowest BCUT2D eigenvalue weighted by atomic mass is 9.80. The summed E-state index contributed by atoms with van der Waals surface area (Å²) >= 11 is 1.85. The topological polar surface area (TPSA) is 49.4 Å². The van der Waals surface area contributed by atoms with Gasteiger partial charge in [0.25, 0.3) is 0 Å². The van der Waals surface area contributed by atoms with Crippen LogP contribution in [0.4, 0.5) is 18.9 Å². The van der Waals surface area contributed by atoms with Crippen LogP contribution in [0.25, 0.3) is 0 Å². The molecule has 1 aliphatic carbocycles. The molecule has 1 heterocycles. The van der Waals surface area contributed by atoms with Crippen LogP contribution in [0.3, 0.4) is 0 Å². The van der Waals surface area contributed by atoms with E-state index in [0.29, 0.717) is 24.9 Å². The second kappa shape index (κ2) is 9.20. The molecule has 1 N–H and O–H groups in total. The van der Waals surface area contributed by atoms with Gasteiger partial charge in [-0.2, -0.15) is 24.9 Å². The van der Waals surface area contributed by atoms with Gasteiger partial charge < -0.3 is 10.2 Å². The highest BCUT2D eigenvalue weighted by Crippen LogP contribution is 2.40. The minimum absolute atomic E-state index is 0.0949. The zero-order valence-corrected chi connectivity index (χ0v) is 16.5. The molecule has 8 heteroatoms. The zero-order valence-electron chi connectivity index (χ0n) is 15.6. The van der Waals surface area contributed by atoms with Gasteiger partial charge in [0.1, 0.15) is 0 Å². The van der Waals surface area contributed by atoms with Crippen molar-refractivity contribution < 1.29 is 22.8 Å². The van der Waals surface area contributed by atoms with Gasteiger partial charge in [-0.15, -0.1) is 0 Å². The van der Waals surface area contributed by atoms with Gasteiger partial charge >= 0.3 is 6.18 Å². The summed E-state index contributed by atoms with van der Waals surface area (Å²) in [5, 5.41) is 2.72. The molecular formula is C20H25F3N2O2S. The fourth-order valence-corrected chi connectivity index (χ4v) is 4.68. The molecule has 1 saturated carbocycles. The molecule has 0 radical (unpaired) electrons. The first-order valence-electron chi connectivity index (χ1n) is 9.65. The van der Waals surface area contributed by atoms with E-state index in [1.807, 2.05) is 16.7 Å². The number of carbonyl (C=O) groups is 2. The van der Waals surface area contributed by atoms with Crippen LogP contribution in [0.5, 0.6) is 0 Å². The quantitative estimate of drug-likeness (QED) is 0.807. The Hall–Kier alpha value is -1.70. The normalized spacial score (nSPS) is 23.3. The fourth-order valence-electron chi connectivity index (χ4n) is 3.77. The molecule has 1 saturated heterocycles. The summed E-state index contributed by atoms with van der Waals surface area (Å²) in [6.45, 7) is 1.55. The van der Waals surface area contributed by atoms with Gasteiger partial charge in [0.05, 0.1) is 12.3 Å². The van der Waals surface area contributed by atoms with Gasteiger partial charge in [0.15, 0.2) is 0 Å². The van der Waals surface area contributed by atoms with E-state index < -0.39 is 18.0 Å². The molecule has 0 aromatic heterocycles. The van der Waals surface area contributed by atoms with Gasteiger partial charge in [0, 0.05) is 36.2 Å². The summed E-state index contributed by atoms with van der Waals surface area (Å²) in [7, 11) is 0. The Balaban J connectivity index is 1.52. The second-order valence-corrected chi connectivity index (χ2v) is 8.68. The van der Waals surface area contributed by atoms with Crippen LogP contribution in [0.15, 0.2) is 24.3 Å². The second-order valence-electron chi connectivity index (χ2n) is 7.46. The van der Waals surface area contributed by atoms with Crippen LogP contribution in [-0.2, 0) is 16.0 Å². The molecule has 4 nitrogen and oxygen atoms in total. The lowest BCUT2D eigenvalue weighted by Crippen LogP contribution is -2.38. The van der Waals surface area contributed by atoms with E-state index >= 15 is 0 Å². The summed E-state index contributed by atoms with van der Waals surface area (Å²) in [6.07, 6.45) is -3.06. The molecule has 154 valence electrons. The Morgan fingerprint density at radius 2 is 1.79 bits per heavy atom. The molecule has 1 aromatic carbocycles. The van der Waals surface area contributed by atoms with Crippen molar-refractivity contribution in [3.05, 3.63) is 29.8 Å². The predicted octanol–water partition coefficient (Wildman–Crippen LogP) is 4.11. The first-order chi connectivity index (χ1) is 13.3. The highest BCUT2D eigenvalue weighted by atomic mass is 32.2. The molecule has 2 unspecified atom stereocenters. The van der Waals surface area contributed by atoms with Crippen LogP contribution in [-0.4, -0.2) is 47.5 Å². The van der Waals surface area contributed by atoms with Crippen molar-refractivity contribution in [2.75, 3.05) is 29.9 Å². The van der Waals surface area contributed by atoms with Crippen LogP contribution in [0.1, 0.15) is 31.2 Å². The maximum atomic E-state index is 12.9. The average molecular weight is 414 g/mol. The number of hydrogen-bond acceptors (Lipinski definition) is 3. The smallest absolute Gasteiger partial charge is 0.341 e. The number of hydrogen-bond donors (Lipinski definition) is 1. The summed E-state index contributed by atoms with van der Waals surface area (Å²) in [5.41, 5.74) is 1.40. The number of thioether (sulfide) groups is 1. The monoisotopic (exact) mass is 414 g/mol. The van der Waals surface area contributed by atoms with Crippen LogP contribution in [0.2, 0.25) is 0 Å². The standard InChI is InChI=1S/C20H25F3N2O2S/c21-20(22,23)16-3-1-2-15(13-16)19(27)24-17-6-4-14(5-7-17)12-18(26)25-8-10-28-11-9-25/h4-7,15-16H,1-3,8-13H2,(H,24,27). The average Bonchev–Trinajstić information content (AvgIpc) is 2.69. The molecule has 1 aliphatic heterocycles. The Bertz CT molecular complexity index is 688. The third-order valence-electron chi connectivity index (χ3n) is 5.45. The van der Waals surface area contributed by atoms with Crippen molar-refractivity contribution in [2.24, 2.45) is 11.8 Å². The van der Waals surface area contributed by atoms with E-state index in [1.165, 1.54) is 0 Å². The Labute approximate surface area is 167 Å². The molecule has 0 spiro atoms. The van der Waals surface area contributed by atoms with Crippen molar-refractivity contribution in [1.29, 1.82) is 0 Å². The lowest BCUT2D eigenvalue weighted by Gasteiger charge is -2.29. The number of anilines is 1. The third kappa shape index (κ3) is 5.65. The Morgan fingerprint density at radius 3 is 2.43 bits per heavy atom. The maximum absolute atomic E-state index is 12.9. The Kier molecular flexibility index (Phi) is 6.91. The predicted molar refractivity (Wildman–Crippen MR) is 104 cm³/mol. The van der Waals surface area contributed by atoms with Crippen molar-refractivity contribution in [3.8, 4) is 0 Å². The molecule has 1 aromatic rings. The fraction of sp³-hybridized carbons (Fsp3) is 0.600. The van der Waals surface area contributed by atoms with Crippen LogP contribution >= 0.6 is 11.8 Å². The summed E-state index contributed by atoms with van der Waals surface area (Å²) in [4.78, 5) is 26.5. The van der Waals surface area contributed by atoms with Crippen molar-refractivity contribution in [2.45, 2.75) is 38.3 Å². The molecule has 2 amide bonds. The van der Waals surface area contributed by atoms with Crippen molar-refractivity contribution in [1.82, 2.24) is 4.90 Å². The van der Waals surface area contributed by atoms with Crippen LogP contribution < -0.4 is 5.32 Å². The van der Waals surface area contributed by atoms with Gasteiger partial charge in [-0.05, 0) is 37.0 Å². The third-order valence-corrected chi connectivity index (χ3v) is 6.39. The van der Waals surface area contributed by atoms with Gasteiger partial charge in [-0.25, -0.2) is 0 Å². The number of nitrogens with zero attached hydrogens (tertiary/aromatic N) is 1. The van der Waals surface area contributed by atoms with E-state index in [-0.39, 0.29) is 24.7 Å². The highest BCUT2D eigenvalue weighted by Gasteiger charge is 2.43. The SMILES string of the molecule is O=C(Nc1ccc(CC(=O)N2CCSCC2)cc1)C1CCCC(C(F)(F)F)C1. The molecule has 2 aliphatic rings. The molecule has 2 atom stereocenters. The van der Waals surface area contributed by atoms with E-state index in [2.05, 4.69) is 5.32 Å². The number of benzene rings is 1. The number of rotatable bonds is 4. The van der Waals surface area contributed by atoms with Gasteiger partial charge in [0.2, 0.25) is 11.8 Å². The van der Waals surface area contributed by atoms with Crippen LogP contribution in [0, 0.1) is 11.8 Å². The highest BCUT2D eigenvalue weighted by molar-refractivity contribution is 7.99. The summed E-state index contributed by atoms with van der Waals surface area (Å²) < 4.78 is 38.8. The molecule has 28 heavy (non-hydrogen) atoms. The number of nitrogens with one attached hydrogen (secondary N) is 1. The first-order valence-corrected chi connectivity index (χ1v) is 10.8. The molecule has 0 bridgehead atoms. The summed E-state index contributed by atoms with van der Waals surface area (Å²) in [6, 6.07) is 6.98. The minimum atomic E-state index is -4.24. The summed E-state index contributed by atoms with van der Waals surface area (Å²) in [5.74, 6) is -0.335. The number of amides is 2. The minimum Gasteiger partial charge on any atom is -0.341 e. The molecule has 3 rings (SSSR count). The Morgan fingerprint density at radius 1 is 1.11 bits per heavy atom. The molecular weight excluding hydrogens is 389 g/mol. The zero-order chi connectivity index (χ0) is 20.1. The van der Waals surface area contributed by atoms with E-state index in [1.54, 1.807) is 24.3 Å². The first kappa shape index (κ1) is 21.0. The number of carbonyl (C=O) groups excluding carboxylic acids is 2. The number of halogens is 3. The van der Waals surface area contributed by atoms with Crippen molar-refractivity contribution >= 4 is 29.3 Å². The van der Waals surface area contributed by atoms with Gasteiger partial charge in [-0.1, -0.05) is 18.6 Å². The van der Waals surface area contributed by atoms with E-state index in [9.17, 15) is 22.8 Å². The number of alkyl halides is 3.